The van der Waals surface area contributed by atoms with Gasteiger partial charge in [0, 0.05) is 24.4 Å². The molecule has 2 aromatic heterocycles. The molecule has 0 radical (unpaired) electrons. The number of halogens is 3. The third-order valence-electron chi connectivity index (χ3n) is 3.77. The molecule has 2 heterocycles. The number of nitriles is 1. The molecule has 3 rings (SSSR count). The molecule has 0 aliphatic carbocycles. The highest BCUT2D eigenvalue weighted by Gasteiger charge is 2.15. The van der Waals surface area contributed by atoms with Crippen LogP contribution in [0.4, 0.5) is 24.8 Å². The summed E-state index contributed by atoms with van der Waals surface area (Å²) in [5, 5.41) is 13.3. The Balaban J connectivity index is 0.000000565. The Kier molecular flexibility index (Phi) is 9.49. The van der Waals surface area contributed by atoms with E-state index < -0.39 is 12.2 Å². The molecule has 0 saturated heterocycles. The van der Waals surface area contributed by atoms with Gasteiger partial charge in [-0.15, -0.1) is 5.10 Å². The molecule has 2 N–H and O–H groups in total. The van der Waals surface area contributed by atoms with Gasteiger partial charge < -0.3 is 5.73 Å². The third kappa shape index (κ3) is 5.80. The lowest BCUT2D eigenvalue weighted by molar-refractivity contribution is 0.144. The van der Waals surface area contributed by atoms with E-state index in [1.807, 2.05) is 26.0 Å². The molecule has 6 nitrogen and oxygen atoms in total. The van der Waals surface area contributed by atoms with Gasteiger partial charge in [0.1, 0.15) is 23.1 Å². The minimum absolute atomic E-state index is 0.00573. The molecule has 160 valence electrons. The number of nitrogens with zero attached hydrogens (tertiary/aromatic N) is 5. The van der Waals surface area contributed by atoms with E-state index in [1.165, 1.54) is 17.5 Å². The number of hydrogen-bond donors (Lipinski definition) is 1. The summed E-state index contributed by atoms with van der Waals surface area (Å²) in [6.07, 6.45) is 1.06. The Morgan fingerprint density at radius 3 is 2.47 bits per heavy atom. The lowest BCUT2D eigenvalue weighted by Gasteiger charge is -2.07. The topological polar surface area (TPSA) is 92.4 Å². The van der Waals surface area contributed by atoms with Gasteiger partial charge in [0.25, 0.3) is 0 Å². The average Bonchev–Trinajstić information content (AvgIpc) is 3.15. The Morgan fingerprint density at radius 1 is 1.33 bits per heavy atom. The minimum Gasteiger partial charge on any atom is -0.367 e. The van der Waals surface area contributed by atoms with Crippen molar-refractivity contribution in [3.8, 4) is 17.2 Å². The number of fused-ring (bicyclic) bond motifs is 1. The number of aliphatic imine (C=N–C) groups is 1. The van der Waals surface area contributed by atoms with Crippen molar-refractivity contribution >= 4 is 23.4 Å². The van der Waals surface area contributed by atoms with Gasteiger partial charge in [-0.2, -0.15) is 10.2 Å². The first-order valence-electron chi connectivity index (χ1n) is 9.44. The van der Waals surface area contributed by atoms with Crippen molar-refractivity contribution in [3.05, 3.63) is 41.5 Å². The molecule has 1 aromatic carbocycles. The molecule has 3 aromatic rings. The number of aryl methyl sites for hydroxylation is 1. The lowest BCUT2D eigenvalue weighted by atomic mass is 10.0. The van der Waals surface area contributed by atoms with Gasteiger partial charge in [-0.3, -0.25) is 4.99 Å². The number of nitrogens with two attached hydrogens (primary N) is 1. The van der Waals surface area contributed by atoms with Crippen molar-refractivity contribution in [1.82, 2.24) is 14.6 Å². The van der Waals surface area contributed by atoms with E-state index in [9.17, 15) is 18.4 Å². The van der Waals surface area contributed by atoms with E-state index in [2.05, 4.69) is 15.1 Å². The van der Waals surface area contributed by atoms with Gasteiger partial charge in [-0.05, 0) is 43.2 Å². The number of anilines is 1. The van der Waals surface area contributed by atoms with Crippen LogP contribution in [0.15, 0.2) is 29.4 Å². The SMILES string of the molecule is CC.CC=Nc1c(C)cc(-c2ccn3nc(N)nc(C#N)c23)cc1F.CCC(F)F. The molecule has 0 atom stereocenters. The fraction of sp³-hybridized carbons (Fsp3) is 0.333. The number of benzene rings is 1. The maximum atomic E-state index is 14.3. The molecule has 30 heavy (non-hydrogen) atoms. The van der Waals surface area contributed by atoms with Crippen LogP contribution in [0.5, 0.6) is 0 Å². The highest BCUT2D eigenvalue weighted by molar-refractivity contribution is 5.85. The van der Waals surface area contributed by atoms with Crippen molar-refractivity contribution in [1.29, 1.82) is 5.26 Å². The maximum absolute atomic E-state index is 14.3. The van der Waals surface area contributed by atoms with E-state index >= 15 is 0 Å². The monoisotopic (exact) mass is 418 g/mol. The second-order valence-electron chi connectivity index (χ2n) is 5.76. The third-order valence-corrected chi connectivity index (χ3v) is 3.77. The number of alkyl halides is 2. The molecule has 0 fully saturated rings. The first-order valence-corrected chi connectivity index (χ1v) is 9.44. The second kappa shape index (κ2) is 11.6. The van der Waals surface area contributed by atoms with E-state index in [4.69, 9.17) is 5.73 Å². The highest BCUT2D eigenvalue weighted by Crippen LogP contribution is 2.33. The summed E-state index contributed by atoms with van der Waals surface area (Å²) in [6.45, 7) is 8.96. The Bertz CT molecular complexity index is 1030. The lowest BCUT2D eigenvalue weighted by Crippen LogP contribution is -2.03. The number of rotatable bonds is 3. The molecule has 0 amide bonds. The van der Waals surface area contributed by atoms with E-state index in [-0.39, 0.29) is 18.1 Å². The van der Waals surface area contributed by atoms with Crippen molar-refractivity contribution < 1.29 is 13.2 Å². The van der Waals surface area contributed by atoms with E-state index in [0.29, 0.717) is 27.9 Å². The quantitative estimate of drug-likeness (QED) is 0.552. The fourth-order valence-corrected chi connectivity index (χ4v) is 2.54. The largest absolute Gasteiger partial charge is 0.367 e. The molecule has 0 aliphatic heterocycles. The van der Waals surface area contributed by atoms with Crippen molar-refractivity contribution in [2.24, 2.45) is 4.99 Å². The molecule has 9 heteroatoms. The number of nitrogen functional groups attached to an aromatic ring is 1. The van der Waals surface area contributed by atoms with Crippen LogP contribution in [0.3, 0.4) is 0 Å². The van der Waals surface area contributed by atoms with E-state index in [0.717, 1.165) is 0 Å². The van der Waals surface area contributed by atoms with Crippen molar-refractivity contribution in [2.45, 2.75) is 47.5 Å². The smallest absolute Gasteiger partial charge is 0.239 e. The fourth-order valence-electron chi connectivity index (χ4n) is 2.54. The van der Waals surface area contributed by atoms with Crippen LogP contribution in [0, 0.1) is 24.1 Å². The summed E-state index contributed by atoms with van der Waals surface area (Å²) >= 11 is 0. The minimum atomic E-state index is -2.12. The zero-order valence-corrected chi connectivity index (χ0v) is 17.6. The first kappa shape index (κ1) is 24.6. The molecule has 0 bridgehead atoms. The van der Waals surface area contributed by atoms with Crippen LogP contribution in [0.2, 0.25) is 0 Å². The molecule has 0 spiro atoms. The standard InChI is InChI=1S/C16H13FN6.C3H6F2.C2H6/c1-3-20-14-9(2)6-10(7-12(14)17)11-4-5-23-15(11)13(8-18)21-16(19)22-23;1-2-3(4)5;1-2/h3-7H,1-2H3,(H2,19,22);3H,2H2,1H3;1-2H3. The predicted octanol–water partition coefficient (Wildman–Crippen LogP) is 5.71. The molecule has 0 aliphatic rings. The summed E-state index contributed by atoms with van der Waals surface area (Å²) < 4.78 is 37.3. The summed E-state index contributed by atoms with van der Waals surface area (Å²) in [4.78, 5) is 7.97. The van der Waals surface area contributed by atoms with Gasteiger partial charge in [0.2, 0.25) is 12.4 Å². The summed E-state index contributed by atoms with van der Waals surface area (Å²) in [6, 6.07) is 6.96. The van der Waals surface area contributed by atoms with Gasteiger partial charge in [-0.1, -0.05) is 20.8 Å². The summed E-state index contributed by atoms with van der Waals surface area (Å²) in [7, 11) is 0. The zero-order chi connectivity index (χ0) is 22.8. The molecular weight excluding hydrogens is 393 g/mol. The van der Waals surface area contributed by atoms with Gasteiger partial charge in [-0.25, -0.2) is 17.7 Å². The summed E-state index contributed by atoms with van der Waals surface area (Å²) in [5.41, 5.74) is 8.51. The summed E-state index contributed by atoms with van der Waals surface area (Å²) in [5.74, 6) is -0.418. The van der Waals surface area contributed by atoms with Gasteiger partial charge in [0.05, 0.1) is 0 Å². The molecular formula is C21H25F3N6. The Labute approximate surface area is 173 Å². The zero-order valence-electron chi connectivity index (χ0n) is 17.6. The maximum Gasteiger partial charge on any atom is 0.239 e. The molecule has 0 saturated carbocycles. The van der Waals surface area contributed by atoms with Crippen LogP contribution in [0.1, 0.15) is 45.4 Å². The number of hydrogen-bond acceptors (Lipinski definition) is 5. The second-order valence-corrected chi connectivity index (χ2v) is 5.76. The average molecular weight is 418 g/mol. The number of aromatic nitrogens is 3. The predicted molar refractivity (Wildman–Crippen MR) is 114 cm³/mol. The molecule has 0 unspecified atom stereocenters. The van der Waals surface area contributed by atoms with Crippen LogP contribution in [-0.2, 0) is 0 Å². The normalized spacial score (nSPS) is 10.4. The van der Waals surface area contributed by atoms with Gasteiger partial charge in [0.15, 0.2) is 5.69 Å². The highest BCUT2D eigenvalue weighted by atomic mass is 19.3. The Hall–Kier alpha value is -3.41. The van der Waals surface area contributed by atoms with Crippen LogP contribution < -0.4 is 5.73 Å². The van der Waals surface area contributed by atoms with Crippen LogP contribution in [-0.4, -0.2) is 27.2 Å². The van der Waals surface area contributed by atoms with Crippen LogP contribution in [0.25, 0.3) is 16.6 Å². The first-order chi connectivity index (χ1) is 14.3. The van der Waals surface area contributed by atoms with Crippen LogP contribution >= 0.6 is 0 Å². The Morgan fingerprint density at radius 2 is 1.97 bits per heavy atom. The van der Waals surface area contributed by atoms with Crippen molar-refractivity contribution in [3.63, 3.8) is 0 Å². The van der Waals surface area contributed by atoms with E-state index in [1.54, 1.807) is 32.3 Å². The van der Waals surface area contributed by atoms with Crippen molar-refractivity contribution in [2.75, 3.05) is 5.73 Å². The van der Waals surface area contributed by atoms with Gasteiger partial charge >= 0.3 is 0 Å².